The quantitative estimate of drug-likeness (QED) is 0.391. The Morgan fingerprint density at radius 3 is 2.39 bits per heavy atom. The molecule has 168 valence electrons. The highest BCUT2D eigenvalue weighted by atomic mass is 19.1. The summed E-state index contributed by atoms with van der Waals surface area (Å²) in [5.41, 5.74) is 7.06. The lowest BCUT2D eigenvalue weighted by atomic mass is 10.1. The van der Waals surface area contributed by atoms with Crippen LogP contribution in [0.2, 0.25) is 0 Å². The zero-order valence-corrected chi connectivity index (χ0v) is 17.6. The van der Waals surface area contributed by atoms with E-state index in [1.54, 1.807) is 6.20 Å². The molecule has 0 radical (unpaired) electrons. The van der Waals surface area contributed by atoms with Crippen molar-refractivity contribution in [3.8, 4) is 0 Å². The Bertz CT molecular complexity index is 1360. The molecule has 2 amide bonds. The molecule has 0 unspecified atom stereocenters. The highest BCUT2D eigenvalue weighted by Gasteiger charge is 2.22. The molecule has 11 heteroatoms. The number of aromatic nitrogens is 4. The zero-order chi connectivity index (χ0) is 23.7. The molecule has 33 heavy (non-hydrogen) atoms. The molecule has 3 heterocycles. The Labute approximate surface area is 186 Å². The van der Waals surface area contributed by atoms with Crippen LogP contribution in [0.1, 0.15) is 35.9 Å². The van der Waals surface area contributed by atoms with Crippen LogP contribution in [0, 0.1) is 11.6 Å². The third-order valence-corrected chi connectivity index (χ3v) is 4.81. The number of anilines is 3. The summed E-state index contributed by atoms with van der Waals surface area (Å²) in [7, 11) is 0. The van der Waals surface area contributed by atoms with Gasteiger partial charge in [-0.1, -0.05) is 0 Å². The number of fused-ring (bicyclic) bond motifs is 1. The summed E-state index contributed by atoms with van der Waals surface area (Å²) in [6, 6.07) is 4.75. The first-order valence-electron chi connectivity index (χ1n) is 9.89. The molecule has 0 fully saturated rings. The highest BCUT2D eigenvalue weighted by molar-refractivity contribution is 6.17. The number of benzene rings is 1. The van der Waals surface area contributed by atoms with E-state index in [0.717, 1.165) is 12.1 Å². The number of nitrogens with two attached hydrogens (primary N) is 1. The standard InChI is InChI=1S/C22H19F2N7O2/c1-11(2)31-9-16(18-20(25)27-10-28-21(18)31)19(32)17-8-14(3-4-26-17)29-22(33)30-15-6-12(23)5-13(24)7-15/h3-11H,1-2H3,(H2,25,27,28)(H2,26,29,30,33). The molecule has 0 bridgehead atoms. The van der Waals surface area contributed by atoms with Gasteiger partial charge in [-0.15, -0.1) is 0 Å². The SMILES string of the molecule is CC(C)n1cc(C(=O)c2cc(NC(=O)Nc3cc(F)cc(F)c3)ccn2)c2c(N)ncnc21. The maximum absolute atomic E-state index is 13.3. The first kappa shape index (κ1) is 21.8. The number of hydrogen-bond donors (Lipinski definition) is 3. The van der Waals surface area contributed by atoms with E-state index in [4.69, 9.17) is 5.73 Å². The van der Waals surface area contributed by atoms with Gasteiger partial charge in [-0.3, -0.25) is 9.78 Å². The van der Waals surface area contributed by atoms with Crippen molar-refractivity contribution in [1.82, 2.24) is 19.5 Å². The molecule has 0 aliphatic rings. The van der Waals surface area contributed by atoms with Crippen LogP contribution in [0.3, 0.4) is 0 Å². The summed E-state index contributed by atoms with van der Waals surface area (Å²) in [6.07, 6.45) is 4.33. The van der Waals surface area contributed by atoms with Crippen LogP contribution >= 0.6 is 0 Å². The molecule has 4 N–H and O–H groups in total. The molecule has 0 spiro atoms. The summed E-state index contributed by atoms with van der Waals surface area (Å²) >= 11 is 0. The van der Waals surface area contributed by atoms with Crippen molar-refractivity contribution in [1.29, 1.82) is 0 Å². The van der Waals surface area contributed by atoms with Gasteiger partial charge in [-0.05, 0) is 38.1 Å². The van der Waals surface area contributed by atoms with Gasteiger partial charge >= 0.3 is 6.03 Å². The largest absolute Gasteiger partial charge is 0.383 e. The minimum Gasteiger partial charge on any atom is -0.383 e. The van der Waals surface area contributed by atoms with E-state index in [1.807, 2.05) is 18.4 Å². The number of urea groups is 1. The number of nitrogens with zero attached hydrogens (tertiary/aromatic N) is 4. The van der Waals surface area contributed by atoms with Crippen molar-refractivity contribution >= 4 is 40.0 Å². The lowest BCUT2D eigenvalue weighted by molar-refractivity contribution is 0.103. The van der Waals surface area contributed by atoms with Crippen molar-refractivity contribution in [2.45, 2.75) is 19.9 Å². The van der Waals surface area contributed by atoms with E-state index in [2.05, 4.69) is 25.6 Å². The molecular weight excluding hydrogens is 432 g/mol. The average molecular weight is 451 g/mol. The number of ketones is 1. The molecule has 0 aliphatic heterocycles. The number of hydrogen-bond acceptors (Lipinski definition) is 6. The van der Waals surface area contributed by atoms with Gasteiger partial charge in [0.2, 0.25) is 5.78 Å². The number of amides is 2. The number of carbonyl (C=O) groups excluding carboxylic acids is 2. The smallest absolute Gasteiger partial charge is 0.323 e. The van der Waals surface area contributed by atoms with Crippen LogP contribution in [0.15, 0.2) is 49.1 Å². The molecule has 4 aromatic rings. The van der Waals surface area contributed by atoms with Crippen LogP contribution in [-0.2, 0) is 0 Å². The average Bonchev–Trinajstić information content (AvgIpc) is 3.14. The molecule has 0 atom stereocenters. The highest BCUT2D eigenvalue weighted by Crippen LogP contribution is 2.28. The predicted octanol–water partition coefficient (Wildman–Crippen LogP) is 4.14. The Morgan fingerprint density at radius 1 is 1.00 bits per heavy atom. The van der Waals surface area contributed by atoms with Crippen molar-refractivity contribution in [3.63, 3.8) is 0 Å². The lowest BCUT2D eigenvalue weighted by Gasteiger charge is -2.09. The van der Waals surface area contributed by atoms with Crippen molar-refractivity contribution in [2.75, 3.05) is 16.4 Å². The topological polar surface area (TPSA) is 128 Å². The Hall–Kier alpha value is -4.41. The minimum absolute atomic E-state index is 0.0145. The lowest BCUT2D eigenvalue weighted by Crippen LogP contribution is -2.20. The fourth-order valence-corrected chi connectivity index (χ4v) is 3.36. The van der Waals surface area contributed by atoms with E-state index in [9.17, 15) is 18.4 Å². The first-order valence-corrected chi connectivity index (χ1v) is 9.89. The Kier molecular flexibility index (Phi) is 5.69. The van der Waals surface area contributed by atoms with Crippen LogP contribution in [-0.4, -0.2) is 31.3 Å². The Balaban J connectivity index is 1.60. The summed E-state index contributed by atoms with van der Waals surface area (Å²) in [6.45, 7) is 3.88. The third-order valence-electron chi connectivity index (χ3n) is 4.81. The van der Waals surface area contributed by atoms with Gasteiger partial charge in [0.15, 0.2) is 0 Å². The summed E-state index contributed by atoms with van der Waals surface area (Å²) < 4.78 is 28.5. The zero-order valence-electron chi connectivity index (χ0n) is 17.6. The maximum atomic E-state index is 13.3. The second kappa shape index (κ2) is 8.61. The number of pyridine rings is 1. The van der Waals surface area contributed by atoms with E-state index < -0.39 is 23.4 Å². The molecule has 9 nitrogen and oxygen atoms in total. The summed E-state index contributed by atoms with van der Waals surface area (Å²) in [5.74, 6) is -1.92. The first-order chi connectivity index (χ1) is 15.7. The second-order valence-electron chi connectivity index (χ2n) is 7.50. The van der Waals surface area contributed by atoms with Crippen LogP contribution in [0.4, 0.5) is 30.8 Å². The van der Waals surface area contributed by atoms with Gasteiger partial charge < -0.3 is 20.9 Å². The van der Waals surface area contributed by atoms with Gasteiger partial charge in [-0.2, -0.15) is 0 Å². The summed E-state index contributed by atoms with van der Waals surface area (Å²) in [5, 5.41) is 5.25. The van der Waals surface area contributed by atoms with Crippen molar-refractivity contribution in [2.24, 2.45) is 0 Å². The number of carbonyl (C=O) groups is 2. The molecule has 0 aliphatic carbocycles. The fraction of sp³-hybridized carbons (Fsp3) is 0.136. The van der Waals surface area contributed by atoms with Gasteiger partial charge in [0.05, 0.1) is 10.9 Å². The molecule has 4 rings (SSSR count). The monoisotopic (exact) mass is 451 g/mol. The molecule has 0 saturated heterocycles. The van der Waals surface area contributed by atoms with Gasteiger partial charge in [0, 0.05) is 35.9 Å². The molecule has 0 saturated carbocycles. The number of nitrogens with one attached hydrogen (secondary N) is 2. The van der Waals surface area contributed by atoms with E-state index in [1.165, 1.54) is 24.7 Å². The van der Waals surface area contributed by atoms with E-state index in [0.29, 0.717) is 17.1 Å². The molecule has 1 aromatic carbocycles. The number of halogens is 2. The number of rotatable bonds is 5. The van der Waals surface area contributed by atoms with Gasteiger partial charge in [-0.25, -0.2) is 23.5 Å². The summed E-state index contributed by atoms with van der Waals surface area (Å²) in [4.78, 5) is 37.8. The second-order valence-corrected chi connectivity index (χ2v) is 7.50. The molecule has 3 aromatic heterocycles. The predicted molar refractivity (Wildman–Crippen MR) is 119 cm³/mol. The number of nitrogen functional groups attached to an aromatic ring is 1. The minimum atomic E-state index is -0.828. The fourth-order valence-electron chi connectivity index (χ4n) is 3.36. The van der Waals surface area contributed by atoms with Crippen LogP contribution in [0.25, 0.3) is 11.0 Å². The van der Waals surface area contributed by atoms with E-state index in [-0.39, 0.29) is 34.5 Å². The van der Waals surface area contributed by atoms with Crippen molar-refractivity contribution in [3.05, 3.63) is 71.9 Å². The molecular formula is C22H19F2N7O2. The maximum Gasteiger partial charge on any atom is 0.323 e. The van der Waals surface area contributed by atoms with Crippen molar-refractivity contribution < 1.29 is 18.4 Å². The van der Waals surface area contributed by atoms with E-state index >= 15 is 0 Å². The van der Waals surface area contributed by atoms with Crippen LogP contribution in [0.5, 0.6) is 0 Å². The van der Waals surface area contributed by atoms with Crippen LogP contribution < -0.4 is 16.4 Å². The van der Waals surface area contributed by atoms with Gasteiger partial charge in [0.25, 0.3) is 0 Å². The third kappa shape index (κ3) is 4.47. The van der Waals surface area contributed by atoms with Gasteiger partial charge in [0.1, 0.15) is 35.1 Å². The Morgan fingerprint density at radius 2 is 1.70 bits per heavy atom. The normalized spacial score (nSPS) is 11.1.